The number of piperidine rings is 1. The quantitative estimate of drug-likeness (QED) is 0.871. The first-order chi connectivity index (χ1) is 12.2. The molecule has 0 aliphatic carbocycles. The lowest BCUT2D eigenvalue weighted by molar-refractivity contribution is 0.189. The number of rotatable bonds is 6. The van der Waals surface area contributed by atoms with E-state index in [1.54, 1.807) is 0 Å². The molecule has 0 radical (unpaired) electrons. The minimum Gasteiger partial charge on any atom is -0.396 e. The molecule has 0 saturated carbocycles. The standard InChI is InChI=1S/C21H29N3O/c1-3-4-10-20-22-16(2)13-21(23-20)24-12-11-19(18(14-24)15-25)17-8-6-5-7-9-17/h5-9,13,18-19,25H,3-4,10-12,14-15H2,1-2H3/t18-,19+/m1/s1. The first kappa shape index (κ1) is 17.9. The fourth-order valence-electron chi connectivity index (χ4n) is 3.79. The Balaban J connectivity index is 1.76. The van der Waals surface area contributed by atoms with E-state index in [0.29, 0.717) is 5.92 Å². The number of aliphatic hydroxyl groups is 1. The number of aryl methyl sites for hydroxylation is 2. The number of benzene rings is 1. The summed E-state index contributed by atoms with van der Waals surface area (Å²) in [6.07, 6.45) is 4.26. The summed E-state index contributed by atoms with van der Waals surface area (Å²) in [5.74, 6) is 2.63. The van der Waals surface area contributed by atoms with Crippen molar-refractivity contribution in [2.24, 2.45) is 5.92 Å². The summed E-state index contributed by atoms with van der Waals surface area (Å²) in [6, 6.07) is 12.7. The summed E-state index contributed by atoms with van der Waals surface area (Å²) in [7, 11) is 0. The van der Waals surface area contributed by atoms with Crippen LogP contribution < -0.4 is 4.90 Å². The highest BCUT2D eigenvalue weighted by molar-refractivity contribution is 5.41. The maximum Gasteiger partial charge on any atom is 0.132 e. The van der Waals surface area contributed by atoms with Crippen molar-refractivity contribution in [1.82, 2.24) is 9.97 Å². The predicted molar refractivity (Wildman–Crippen MR) is 102 cm³/mol. The molecule has 0 amide bonds. The van der Waals surface area contributed by atoms with Gasteiger partial charge in [-0.2, -0.15) is 0 Å². The average molecular weight is 339 g/mol. The van der Waals surface area contributed by atoms with E-state index in [9.17, 15) is 5.11 Å². The van der Waals surface area contributed by atoms with E-state index in [4.69, 9.17) is 4.98 Å². The Kier molecular flexibility index (Phi) is 6.03. The van der Waals surface area contributed by atoms with Crippen molar-refractivity contribution < 1.29 is 5.11 Å². The average Bonchev–Trinajstić information content (AvgIpc) is 2.66. The van der Waals surface area contributed by atoms with Gasteiger partial charge >= 0.3 is 0 Å². The van der Waals surface area contributed by atoms with E-state index in [2.05, 4.69) is 47.1 Å². The second kappa shape index (κ2) is 8.43. The number of nitrogens with zero attached hydrogens (tertiary/aromatic N) is 3. The zero-order valence-corrected chi connectivity index (χ0v) is 15.4. The van der Waals surface area contributed by atoms with Crippen LogP contribution in [-0.2, 0) is 6.42 Å². The van der Waals surface area contributed by atoms with Crippen LogP contribution >= 0.6 is 0 Å². The van der Waals surface area contributed by atoms with Gasteiger partial charge in [0.1, 0.15) is 11.6 Å². The fraction of sp³-hybridized carbons (Fsp3) is 0.524. The molecular weight excluding hydrogens is 310 g/mol. The van der Waals surface area contributed by atoms with Gasteiger partial charge in [-0.15, -0.1) is 0 Å². The molecule has 134 valence electrons. The second-order valence-corrected chi connectivity index (χ2v) is 7.08. The van der Waals surface area contributed by atoms with Crippen LogP contribution in [0.5, 0.6) is 0 Å². The summed E-state index contributed by atoms with van der Waals surface area (Å²) >= 11 is 0. The summed E-state index contributed by atoms with van der Waals surface area (Å²) in [4.78, 5) is 11.7. The number of unbranched alkanes of at least 4 members (excludes halogenated alkanes) is 1. The van der Waals surface area contributed by atoms with Gasteiger partial charge in [-0.1, -0.05) is 43.7 Å². The van der Waals surface area contributed by atoms with Crippen LogP contribution in [0.4, 0.5) is 5.82 Å². The molecule has 1 saturated heterocycles. The third-order valence-corrected chi connectivity index (χ3v) is 5.16. The molecule has 3 rings (SSSR count). The van der Waals surface area contributed by atoms with Gasteiger partial charge in [-0.05, 0) is 31.2 Å². The summed E-state index contributed by atoms with van der Waals surface area (Å²) in [5.41, 5.74) is 2.37. The molecule has 25 heavy (non-hydrogen) atoms. The first-order valence-corrected chi connectivity index (χ1v) is 9.46. The molecule has 1 aromatic heterocycles. The highest BCUT2D eigenvalue weighted by Crippen LogP contribution is 2.34. The molecular formula is C21H29N3O. The van der Waals surface area contributed by atoms with Crippen LogP contribution in [0.1, 0.15) is 49.2 Å². The van der Waals surface area contributed by atoms with Gasteiger partial charge in [0, 0.05) is 43.8 Å². The maximum atomic E-state index is 9.95. The number of aliphatic hydroxyl groups excluding tert-OH is 1. The lowest BCUT2D eigenvalue weighted by Gasteiger charge is -2.39. The molecule has 4 heteroatoms. The Hall–Kier alpha value is -1.94. The molecule has 1 aliphatic rings. The summed E-state index contributed by atoms with van der Waals surface area (Å²) in [6.45, 7) is 6.26. The van der Waals surface area contributed by atoms with Crippen LogP contribution in [0, 0.1) is 12.8 Å². The Morgan fingerprint density at radius 3 is 2.72 bits per heavy atom. The minimum absolute atomic E-state index is 0.211. The van der Waals surface area contributed by atoms with Crippen molar-refractivity contribution in [3.63, 3.8) is 0 Å². The van der Waals surface area contributed by atoms with Crippen LogP contribution in [0.25, 0.3) is 0 Å². The lowest BCUT2D eigenvalue weighted by Crippen LogP contribution is -2.41. The lowest BCUT2D eigenvalue weighted by atomic mass is 9.81. The highest BCUT2D eigenvalue weighted by Gasteiger charge is 2.30. The minimum atomic E-state index is 0.211. The molecule has 1 fully saturated rings. The van der Waals surface area contributed by atoms with Crippen LogP contribution in [0.3, 0.4) is 0 Å². The van der Waals surface area contributed by atoms with E-state index in [0.717, 1.165) is 56.1 Å². The third kappa shape index (κ3) is 4.37. The van der Waals surface area contributed by atoms with Gasteiger partial charge in [0.25, 0.3) is 0 Å². The van der Waals surface area contributed by atoms with Gasteiger partial charge in [-0.25, -0.2) is 9.97 Å². The molecule has 1 aliphatic heterocycles. The van der Waals surface area contributed by atoms with Crippen molar-refractivity contribution in [3.8, 4) is 0 Å². The van der Waals surface area contributed by atoms with Crippen molar-refractivity contribution in [3.05, 3.63) is 53.5 Å². The zero-order valence-electron chi connectivity index (χ0n) is 15.4. The SMILES string of the molecule is CCCCc1nc(C)cc(N2CC[C@@H](c3ccccc3)[C@@H](CO)C2)n1. The zero-order chi connectivity index (χ0) is 17.6. The van der Waals surface area contributed by atoms with Crippen LogP contribution in [-0.4, -0.2) is 34.8 Å². The van der Waals surface area contributed by atoms with Gasteiger partial charge in [0.15, 0.2) is 0 Å². The topological polar surface area (TPSA) is 49.2 Å². The summed E-state index contributed by atoms with van der Waals surface area (Å²) in [5, 5.41) is 9.95. The molecule has 4 nitrogen and oxygen atoms in total. The Bertz CT molecular complexity index is 674. The van der Waals surface area contributed by atoms with Gasteiger partial charge in [0.05, 0.1) is 0 Å². The van der Waals surface area contributed by atoms with Crippen molar-refractivity contribution in [2.75, 3.05) is 24.6 Å². The molecule has 0 bridgehead atoms. The van der Waals surface area contributed by atoms with Gasteiger partial charge in [-0.3, -0.25) is 0 Å². The van der Waals surface area contributed by atoms with Gasteiger partial charge < -0.3 is 10.0 Å². The van der Waals surface area contributed by atoms with Crippen molar-refractivity contribution in [2.45, 2.75) is 45.4 Å². The van der Waals surface area contributed by atoms with Crippen molar-refractivity contribution >= 4 is 5.82 Å². The van der Waals surface area contributed by atoms with E-state index < -0.39 is 0 Å². The first-order valence-electron chi connectivity index (χ1n) is 9.46. The van der Waals surface area contributed by atoms with Crippen molar-refractivity contribution in [1.29, 1.82) is 0 Å². The molecule has 1 N–H and O–H groups in total. The Morgan fingerprint density at radius 1 is 1.20 bits per heavy atom. The Labute approximate surface area is 150 Å². The number of anilines is 1. The predicted octanol–water partition coefficient (Wildman–Crippen LogP) is 3.73. The molecule has 2 aromatic rings. The van der Waals surface area contributed by atoms with E-state index >= 15 is 0 Å². The molecule has 0 spiro atoms. The summed E-state index contributed by atoms with van der Waals surface area (Å²) < 4.78 is 0. The largest absolute Gasteiger partial charge is 0.396 e. The van der Waals surface area contributed by atoms with E-state index in [1.165, 1.54) is 5.56 Å². The monoisotopic (exact) mass is 339 g/mol. The highest BCUT2D eigenvalue weighted by atomic mass is 16.3. The Morgan fingerprint density at radius 2 is 2.00 bits per heavy atom. The fourth-order valence-corrected chi connectivity index (χ4v) is 3.79. The molecule has 2 atom stereocenters. The van der Waals surface area contributed by atoms with Gasteiger partial charge in [0.2, 0.25) is 0 Å². The molecule has 0 unspecified atom stereocenters. The normalized spacial score (nSPS) is 20.7. The molecule has 1 aromatic carbocycles. The van der Waals surface area contributed by atoms with Crippen LogP contribution in [0.15, 0.2) is 36.4 Å². The maximum absolute atomic E-state index is 9.95. The van der Waals surface area contributed by atoms with E-state index in [-0.39, 0.29) is 12.5 Å². The number of hydrogen-bond acceptors (Lipinski definition) is 4. The van der Waals surface area contributed by atoms with E-state index in [1.807, 2.05) is 13.0 Å². The second-order valence-electron chi connectivity index (χ2n) is 7.08. The van der Waals surface area contributed by atoms with Crippen LogP contribution in [0.2, 0.25) is 0 Å². The molecule has 2 heterocycles. The number of aromatic nitrogens is 2. The smallest absolute Gasteiger partial charge is 0.132 e. The number of hydrogen-bond donors (Lipinski definition) is 1. The third-order valence-electron chi connectivity index (χ3n) is 5.16.